The number of benzene rings is 1. The lowest BCUT2D eigenvalue weighted by molar-refractivity contribution is 0.0531. The molecule has 1 fully saturated rings. The first-order chi connectivity index (χ1) is 13.8. The summed E-state index contributed by atoms with van der Waals surface area (Å²) in [6.07, 6.45) is 12.7. The predicted molar refractivity (Wildman–Crippen MR) is 110 cm³/mol. The molecule has 0 N–H and O–H groups in total. The van der Waals surface area contributed by atoms with E-state index in [0.29, 0.717) is 0 Å². The lowest BCUT2D eigenvalue weighted by atomic mass is 10.1. The molecule has 7 nitrogen and oxygen atoms in total. The first-order valence-electron chi connectivity index (χ1n) is 9.51. The summed E-state index contributed by atoms with van der Waals surface area (Å²) in [5, 5.41) is 10.0. The van der Waals surface area contributed by atoms with Gasteiger partial charge in [-0.1, -0.05) is 12.1 Å². The smallest absolute Gasteiger partial charge is 0.124 e. The summed E-state index contributed by atoms with van der Waals surface area (Å²) >= 11 is 0. The zero-order valence-electron chi connectivity index (χ0n) is 15.8. The maximum atomic E-state index is 5.45. The fourth-order valence-electron chi connectivity index (χ4n) is 3.67. The summed E-state index contributed by atoms with van der Waals surface area (Å²) in [5.74, 6) is 1.02. The van der Waals surface area contributed by atoms with Crippen molar-refractivity contribution in [2.45, 2.75) is 6.42 Å². The fraction of sp³-hybridized carbons (Fsp3) is 0.286. The van der Waals surface area contributed by atoms with Crippen molar-refractivity contribution >= 4 is 22.8 Å². The molecule has 7 heteroatoms. The number of aromatic nitrogens is 4. The number of fused-ring (bicyclic) bond motifs is 1. The number of hydrogen-bond donors (Lipinski definition) is 0. The molecule has 2 aromatic heterocycles. The van der Waals surface area contributed by atoms with Crippen LogP contribution in [-0.4, -0.2) is 57.0 Å². The van der Waals surface area contributed by atoms with Crippen molar-refractivity contribution in [3.8, 4) is 11.1 Å². The number of aryl methyl sites for hydroxylation is 1. The van der Waals surface area contributed by atoms with Crippen molar-refractivity contribution in [2.24, 2.45) is 12.0 Å². The normalized spacial score (nSPS) is 17.5. The topological polar surface area (TPSA) is 60.5 Å². The Kier molecular flexibility index (Phi) is 4.29. The summed E-state index contributed by atoms with van der Waals surface area (Å²) in [6, 6.07) is 6.40. The van der Waals surface area contributed by atoms with Crippen molar-refractivity contribution in [3.05, 3.63) is 54.8 Å². The molecule has 1 aromatic carbocycles. The molecule has 0 amide bonds. The fourth-order valence-corrected chi connectivity index (χ4v) is 3.67. The van der Waals surface area contributed by atoms with Gasteiger partial charge >= 0.3 is 0 Å². The van der Waals surface area contributed by atoms with Crippen LogP contribution in [0.1, 0.15) is 6.42 Å². The third-order valence-corrected chi connectivity index (χ3v) is 5.18. The Balaban J connectivity index is 1.46. The summed E-state index contributed by atoms with van der Waals surface area (Å²) in [5.41, 5.74) is 4.42. The predicted octanol–water partition coefficient (Wildman–Crippen LogP) is 2.93. The van der Waals surface area contributed by atoms with Crippen LogP contribution in [0.5, 0.6) is 0 Å². The van der Waals surface area contributed by atoms with E-state index in [9.17, 15) is 0 Å². The molecule has 0 radical (unpaired) electrons. The van der Waals surface area contributed by atoms with Crippen LogP contribution in [-0.2, 0) is 11.8 Å². The SMILES string of the molecule is Cn1cc(-c2ccc3cnn(C4=CC=NC(N5CCOCC5)=CC4)c3c2)cn1. The molecule has 0 saturated carbocycles. The van der Waals surface area contributed by atoms with Crippen molar-refractivity contribution in [3.63, 3.8) is 0 Å². The number of ether oxygens (including phenoxy) is 1. The van der Waals surface area contributed by atoms with E-state index < -0.39 is 0 Å². The number of morpholine rings is 1. The van der Waals surface area contributed by atoms with Crippen LogP contribution in [0.4, 0.5) is 0 Å². The number of aliphatic imine (C=N–C) groups is 1. The lowest BCUT2D eigenvalue weighted by Crippen LogP contribution is -2.35. The van der Waals surface area contributed by atoms with E-state index in [0.717, 1.165) is 66.3 Å². The van der Waals surface area contributed by atoms with E-state index in [4.69, 9.17) is 4.74 Å². The molecule has 5 rings (SSSR count). The maximum absolute atomic E-state index is 5.45. The van der Waals surface area contributed by atoms with E-state index in [1.165, 1.54) is 0 Å². The number of allylic oxidation sites excluding steroid dienone is 3. The number of rotatable bonds is 3. The van der Waals surface area contributed by atoms with Crippen molar-refractivity contribution in [1.82, 2.24) is 24.5 Å². The molecule has 0 bridgehead atoms. The Labute approximate surface area is 163 Å². The highest BCUT2D eigenvalue weighted by molar-refractivity contribution is 5.89. The summed E-state index contributed by atoms with van der Waals surface area (Å²) in [6.45, 7) is 3.29. The van der Waals surface area contributed by atoms with Gasteiger partial charge in [-0.05, 0) is 23.8 Å². The van der Waals surface area contributed by atoms with Gasteiger partial charge in [0.05, 0.1) is 31.1 Å². The molecule has 0 unspecified atom stereocenters. The minimum Gasteiger partial charge on any atom is -0.378 e. The zero-order chi connectivity index (χ0) is 18.9. The van der Waals surface area contributed by atoms with Gasteiger partial charge in [-0.15, -0.1) is 0 Å². The minimum absolute atomic E-state index is 0.758. The van der Waals surface area contributed by atoms with Gasteiger partial charge in [0.1, 0.15) is 5.82 Å². The Morgan fingerprint density at radius 2 is 1.93 bits per heavy atom. The minimum atomic E-state index is 0.758. The quantitative estimate of drug-likeness (QED) is 0.707. The molecule has 0 atom stereocenters. The molecule has 0 spiro atoms. The lowest BCUT2D eigenvalue weighted by Gasteiger charge is -2.28. The Morgan fingerprint density at radius 3 is 2.75 bits per heavy atom. The van der Waals surface area contributed by atoms with E-state index in [-0.39, 0.29) is 0 Å². The third-order valence-electron chi connectivity index (χ3n) is 5.18. The van der Waals surface area contributed by atoms with Gasteiger partial charge in [0.25, 0.3) is 0 Å². The number of nitrogens with zero attached hydrogens (tertiary/aromatic N) is 6. The largest absolute Gasteiger partial charge is 0.378 e. The molecule has 28 heavy (non-hydrogen) atoms. The summed E-state index contributed by atoms with van der Waals surface area (Å²) in [7, 11) is 1.93. The second-order valence-corrected chi connectivity index (χ2v) is 7.03. The number of hydrogen-bond acceptors (Lipinski definition) is 5. The highest BCUT2D eigenvalue weighted by atomic mass is 16.5. The third kappa shape index (κ3) is 3.14. The average molecular weight is 374 g/mol. The van der Waals surface area contributed by atoms with Gasteiger partial charge in [-0.2, -0.15) is 10.2 Å². The summed E-state index contributed by atoms with van der Waals surface area (Å²) in [4.78, 5) is 6.91. The Hall–Kier alpha value is -3.19. The molecule has 0 aliphatic carbocycles. The van der Waals surface area contributed by atoms with Crippen LogP contribution in [0.15, 0.2) is 59.8 Å². The van der Waals surface area contributed by atoms with Gasteiger partial charge in [0.2, 0.25) is 0 Å². The van der Waals surface area contributed by atoms with Gasteiger partial charge in [0.15, 0.2) is 0 Å². The molecule has 2 aliphatic heterocycles. The molecule has 142 valence electrons. The van der Waals surface area contributed by atoms with Crippen LogP contribution in [0.2, 0.25) is 0 Å². The highest BCUT2D eigenvalue weighted by Gasteiger charge is 2.15. The highest BCUT2D eigenvalue weighted by Crippen LogP contribution is 2.27. The van der Waals surface area contributed by atoms with Crippen LogP contribution in [0.25, 0.3) is 27.7 Å². The van der Waals surface area contributed by atoms with E-state index >= 15 is 0 Å². The van der Waals surface area contributed by atoms with E-state index in [1.54, 1.807) is 0 Å². The summed E-state index contributed by atoms with van der Waals surface area (Å²) < 4.78 is 9.28. The first kappa shape index (κ1) is 16.9. The first-order valence-corrected chi connectivity index (χ1v) is 9.51. The van der Waals surface area contributed by atoms with Crippen LogP contribution < -0.4 is 0 Å². The average Bonchev–Trinajstić information content (AvgIpc) is 3.27. The standard InChI is InChI=1S/C21H22N6O/c1-25-15-18(14-23-25)16-2-3-17-13-24-27(20(17)12-16)19-4-5-21(22-7-6-19)26-8-10-28-11-9-26/h2-3,5-7,12-15H,4,8-11H2,1H3. The van der Waals surface area contributed by atoms with Crippen molar-refractivity contribution in [2.75, 3.05) is 26.3 Å². The maximum Gasteiger partial charge on any atom is 0.124 e. The van der Waals surface area contributed by atoms with Gasteiger partial charge in [0, 0.05) is 55.6 Å². The second-order valence-electron chi connectivity index (χ2n) is 7.03. The Morgan fingerprint density at radius 1 is 1.04 bits per heavy atom. The van der Waals surface area contributed by atoms with Gasteiger partial charge in [-0.3, -0.25) is 4.68 Å². The molecule has 3 aromatic rings. The Bertz CT molecular complexity index is 1100. The second kappa shape index (κ2) is 7.09. The van der Waals surface area contributed by atoms with E-state index in [2.05, 4.69) is 44.4 Å². The zero-order valence-corrected chi connectivity index (χ0v) is 15.8. The van der Waals surface area contributed by atoms with Crippen LogP contribution in [0, 0.1) is 0 Å². The molecular formula is C21H22N6O. The van der Waals surface area contributed by atoms with Gasteiger partial charge < -0.3 is 9.64 Å². The van der Waals surface area contributed by atoms with Crippen molar-refractivity contribution in [1.29, 1.82) is 0 Å². The molecular weight excluding hydrogens is 352 g/mol. The molecule has 2 aliphatic rings. The van der Waals surface area contributed by atoms with Crippen LogP contribution >= 0.6 is 0 Å². The van der Waals surface area contributed by atoms with Crippen molar-refractivity contribution < 1.29 is 4.74 Å². The molecule has 4 heterocycles. The molecule has 1 saturated heterocycles. The van der Waals surface area contributed by atoms with Gasteiger partial charge in [-0.25, -0.2) is 9.67 Å². The van der Waals surface area contributed by atoms with Crippen LogP contribution in [0.3, 0.4) is 0 Å². The van der Waals surface area contributed by atoms with E-state index in [1.807, 2.05) is 47.3 Å². The monoisotopic (exact) mass is 374 g/mol.